The molecule has 0 N–H and O–H groups in total. The van der Waals surface area contributed by atoms with Crippen LogP contribution in [0.2, 0.25) is 0 Å². The molecular formula is C32H19N3S. The van der Waals surface area contributed by atoms with Gasteiger partial charge in [-0.25, -0.2) is 0 Å². The van der Waals surface area contributed by atoms with Crippen molar-refractivity contribution >= 4 is 64.2 Å². The van der Waals surface area contributed by atoms with Crippen LogP contribution in [0.3, 0.4) is 0 Å². The Bertz CT molecular complexity index is 2090. The van der Waals surface area contributed by atoms with Crippen molar-refractivity contribution in [1.82, 2.24) is 14.5 Å². The van der Waals surface area contributed by atoms with E-state index in [9.17, 15) is 0 Å². The van der Waals surface area contributed by atoms with Crippen LogP contribution in [-0.2, 0) is 0 Å². The van der Waals surface area contributed by atoms with Gasteiger partial charge < -0.3 is 4.57 Å². The molecule has 0 radical (unpaired) electrons. The fourth-order valence-electron chi connectivity index (χ4n) is 5.46. The van der Waals surface area contributed by atoms with Crippen molar-refractivity contribution < 1.29 is 0 Å². The van der Waals surface area contributed by atoms with Crippen LogP contribution >= 0.6 is 11.3 Å². The number of fused-ring (bicyclic) bond motifs is 7. The van der Waals surface area contributed by atoms with Gasteiger partial charge in [0.25, 0.3) is 0 Å². The third kappa shape index (κ3) is 2.79. The average Bonchev–Trinajstić information content (AvgIpc) is 3.46. The van der Waals surface area contributed by atoms with E-state index >= 15 is 0 Å². The van der Waals surface area contributed by atoms with Gasteiger partial charge in [0.05, 0.1) is 16.6 Å². The van der Waals surface area contributed by atoms with Gasteiger partial charge in [-0.15, -0.1) is 11.3 Å². The summed E-state index contributed by atoms with van der Waals surface area (Å²) in [5.41, 5.74) is 6.77. The lowest BCUT2D eigenvalue weighted by atomic mass is 10.0. The summed E-state index contributed by atoms with van der Waals surface area (Å²) in [6.45, 7) is 0. The minimum absolute atomic E-state index is 1.03. The zero-order valence-corrected chi connectivity index (χ0v) is 20.0. The predicted molar refractivity (Wildman–Crippen MR) is 152 cm³/mol. The van der Waals surface area contributed by atoms with Crippen molar-refractivity contribution in [3.05, 3.63) is 116 Å². The summed E-state index contributed by atoms with van der Waals surface area (Å²) in [5, 5.41) is 6.16. The Balaban J connectivity index is 1.37. The summed E-state index contributed by atoms with van der Waals surface area (Å²) in [6.07, 6.45) is 5.77. The molecule has 36 heavy (non-hydrogen) atoms. The van der Waals surface area contributed by atoms with Gasteiger partial charge in [-0.2, -0.15) is 0 Å². The van der Waals surface area contributed by atoms with Crippen molar-refractivity contribution in [3.63, 3.8) is 0 Å². The third-order valence-electron chi connectivity index (χ3n) is 7.12. The molecular weight excluding hydrogens is 458 g/mol. The van der Waals surface area contributed by atoms with Crippen LogP contribution in [0, 0.1) is 0 Å². The second-order valence-corrected chi connectivity index (χ2v) is 10.2. The Kier molecular flexibility index (Phi) is 4.10. The molecule has 4 heteroatoms. The number of rotatable bonds is 2. The molecule has 4 heterocycles. The van der Waals surface area contributed by atoms with Crippen LogP contribution < -0.4 is 0 Å². The van der Waals surface area contributed by atoms with E-state index in [2.05, 4.69) is 101 Å². The van der Waals surface area contributed by atoms with Gasteiger partial charge in [0, 0.05) is 60.8 Å². The fraction of sp³-hybridized carbons (Fsp3) is 0. The van der Waals surface area contributed by atoms with Crippen molar-refractivity contribution in [3.8, 4) is 16.8 Å². The number of aromatic nitrogens is 3. The second-order valence-electron chi connectivity index (χ2n) is 9.13. The largest absolute Gasteiger partial charge is 0.308 e. The SMILES string of the molecule is c1ccc2c(-c3ccc(-n4c5cc6sc7ccccc7c6cc5c5ncccc54)cc3)cncc2c1. The molecule has 8 aromatic rings. The van der Waals surface area contributed by atoms with Crippen molar-refractivity contribution in [2.75, 3.05) is 0 Å². The van der Waals surface area contributed by atoms with Crippen molar-refractivity contribution in [1.29, 1.82) is 0 Å². The minimum atomic E-state index is 1.03. The molecule has 0 atom stereocenters. The Hall–Kier alpha value is -4.54. The smallest absolute Gasteiger partial charge is 0.0963 e. The maximum Gasteiger partial charge on any atom is 0.0963 e. The Morgan fingerprint density at radius 1 is 0.611 bits per heavy atom. The van der Waals surface area contributed by atoms with E-state index in [-0.39, 0.29) is 0 Å². The number of pyridine rings is 2. The molecule has 0 aliphatic rings. The van der Waals surface area contributed by atoms with Gasteiger partial charge in [0.1, 0.15) is 0 Å². The first-order valence-electron chi connectivity index (χ1n) is 12.0. The highest BCUT2D eigenvalue weighted by molar-refractivity contribution is 7.25. The minimum Gasteiger partial charge on any atom is -0.308 e. The van der Waals surface area contributed by atoms with E-state index in [1.807, 2.05) is 36.0 Å². The zero-order chi connectivity index (χ0) is 23.6. The summed E-state index contributed by atoms with van der Waals surface area (Å²) in [5.74, 6) is 0. The van der Waals surface area contributed by atoms with Gasteiger partial charge in [-0.1, -0.05) is 54.6 Å². The van der Waals surface area contributed by atoms with Crippen LogP contribution in [0.5, 0.6) is 0 Å². The third-order valence-corrected chi connectivity index (χ3v) is 8.26. The maximum absolute atomic E-state index is 4.80. The first-order valence-corrected chi connectivity index (χ1v) is 12.8. The van der Waals surface area contributed by atoms with Crippen LogP contribution in [0.4, 0.5) is 0 Å². The average molecular weight is 478 g/mol. The standard InChI is InChI=1S/C32H19N3S/c1-2-7-23-21(6-1)18-33-19-27(23)20-11-13-22(14-12-20)35-28-9-5-15-34-32(28)26-16-25-24-8-3-4-10-30(24)36-31(25)17-29(26)35/h1-19H. The molecule has 168 valence electrons. The number of hydrogen-bond acceptors (Lipinski definition) is 3. The molecule has 0 fully saturated rings. The zero-order valence-electron chi connectivity index (χ0n) is 19.2. The predicted octanol–water partition coefficient (Wildman–Crippen LogP) is 8.76. The van der Waals surface area contributed by atoms with E-state index in [0.717, 1.165) is 33.2 Å². The quantitative estimate of drug-likeness (QED) is 0.249. The lowest BCUT2D eigenvalue weighted by Gasteiger charge is -2.10. The van der Waals surface area contributed by atoms with E-state index in [1.165, 1.54) is 36.5 Å². The first-order chi connectivity index (χ1) is 17.8. The van der Waals surface area contributed by atoms with Crippen molar-refractivity contribution in [2.24, 2.45) is 0 Å². The summed E-state index contributed by atoms with van der Waals surface area (Å²) < 4.78 is 4.95. The highest BCUT2D eigenvalue weighted by Gasteiger charge is 2.16. The first kappa shape index (κ1) is 19.7. The number of benzene rings is 4. The van der Waals surface area contributed by atoms with E-state index in [4.69, 9.17) is 4.98 Å². The van der Waals surface area contributed by atoms with Gasteiger partial charge in [0.2, 0.25) is 0 Å². The van der Waals surface area contributed by atoms with E-state index < -0.39 is 0 Å². The molecule has 0 amide bonds. The lowest BCUT2D eigenvalue weighted by molar-refractivity contribution is 1.18. The number of nitrogens with zero attached hydrogens (tertiary/aromatic N) is 3. The summed E-state index contributed by atoms with van der Waals surface area (Å²) in [4.78, 5) is 9.28. The molecule has 3 nitrogen and oxygen atoms in total. The van der Waals surface area contributed by atoms with Gasteiger partial charge in [-0.3, -0.25) is 9.97 Å². The van der Waals surface area contributed by atoms with Gasteiger partial charge in [0.15, 0.2) is 0 Å². The molecule has 0 unspecified atom stereocenters. The Morgan fingerprint density at radius 3 is 2.36 bits per heavy atom. The Labute approximate surface area is 210 Å². The molecule has 0 aliphatic heterocycles. The van der Waals surface area contributed by atoms with Crippen LogP contribution in [-0.4, -0.2) is 14.5 Å². The number of hydrogen-bond donors (Lipinski definition) is 0. The lowest BCUT2D eigenvalue weighted by Crippen LogP contribution is -1.94. The van der Waals surface area contributed by atoms with Gasteiger partial charge >= 0.3 is 0 Å². The Morgan fingerprint density at radius 2 is 1.44 bits per heavy atom. The highest BCUT2D eigenvalue weighted by Crippen LogP contribution is 2.40. The molecule has 8 rings (SSSR count). The molecule has 4 aromatic carbocycles. The van der Waals surface area contributed by atoms with Crippen LogP contribution in [0.1, 0.15) is 0 Å². The monoisotopic (exact) mass is 477 g/mol. The molecule has 0 aliphatic carbocycles. The van der Waals surface area contributed by atoms with E-state index in [1.54, 1.807) is 0 Å². The van der Waals surface area contributed by atoms with Crippen LogP contribution in [0.15, 0.2) is 116 Å². The fourth-order valence-corrected chi connectivity index (χ4v) is 6.59. The molecule has 0 spiro atoms. The summed E-state index contributed by atoms with van der Waals surface area (Å²) in [6, 6.07) is 34.7. The molecule has 4 aromatic heterocycles. The molecule has 0 saturated heterocycles. The van der Waals surface area contributed by atoms with E-state index in [0.29, 0.717) is 0 Å². The highest BCUT2D eigenvalue weighted by atomic mass is 32.1. The topological polar surface area (TPSA) is 30.7 Å². The van der Waals surface area contributed by atoms with Gasteiger partial charge in [-0.05, 0) is 53.4 Å². The van der Waals surface area contributed by atoms with Crippen molar-refractivity contribution in [2.45, 2.75) is 0 Å². The normalized spacial score (nSPS) is 11.9. The van der Waals surface area contributed by atoms with Crippen LogP contribution in [0.25, 0.3) is 69.7 Å². The molecule has 0 bridgehead atoms. The second kappa shape index (κ2) is 7.48. The molecule has 0 saturated carbocycles. The maximum atomic E-state index is 4.80. The number of thiophene rings is 1. The summed E-state index contributed by atoms with van der Waals surface area (Å²) in [7, 11) is 0. The summed E-state index contributed by atoms with van der Waals surface area (Å²) >= 11 is 1.85.